The van der Waals surface area contributed by atoms with Gasteiger partial charge in [-0.05, 0) is 81.6 Å². The Kier molecular flexibility index (Phi) is 9.65. The van der Waals surface area contributed by atoms with Crippen molar-refractivity contribution in [3.05, 3.63) is 89.8 Å². The molecule has 0 spiro atoms. The van der Waals surface area contributed by atoms with Gasteiger partial charge in [0.25, 0.3) is 11.8 Å². The first-order valence-electron chi connectivity index (χ1n) is 11.1. The summed E-state index contributed by atoms with van der Waals surface area (Å²) in [6.07, 6.45) is -13.7. The van der Waals surface area contributed by atoms with Crippen molar-refractivity contribution >= 4 is 68.4 Å². The lowest BCUT2D eigenvalue weighted by atomic mass is 9.87. The van der Waals surface area contributed by atoms with Crippen LogP contribution in [0.25, 0.3) is 0 Å². The van der Waals surface area contributed by atoms with Crippen molar-refractivity contribution in [3.8, 4) is 0 Å². The van der Waals surface area contributed by atoms with E-state index in [0.717, 1.165) is 88.6 Å². The van der Waals surface area contributed by atoms with Gasteiger partial charge in [-0.25, -0.2) is 17.6 Å². The van der Waals surface area contributed by atoms with Crippen molar-refractivity contribution in [1.29, 1.82) is 0 Å². The Morgan fingerprint density at radius 3 is 1.72 bits per heavy atom. The number of hydrogen-bond acceptors (Lipinski definition) is 2. The molecular formula is C25H12F12I2N2O2. The average molecular weight is 854 g/mol. The third-order valence-corrected chi connectivity index (χ3v) is 7.62. The molecule has 0 saturated carbocycles. The highest BCUT2D eigenvalue weighted by Gasteiger charge is 2.81. The Morgan fingerprint density at radius 2 is 1.26 bits per heavy atom. The van der Waals surface area contributed by atoms with Crippen molar-refractivity contribution in [2.24, 2.45) is 0 Å². The Hall–Kier alpha value is -2.78. The summed E-state index contributed by atoms with van der Waals surface area (Å²) >= 11 is 2.26. The van der Waals surface area contributed by atoms with Crippen molar-refractivity contribution < 1.29 is 62.3 Å². The number of nitrogens with zero attached hydrogens (tertiary/aromatic N) is 1. The maximum absolute atomic E-state index is 15.3. The van der Waals surface area contributed by atoms with Gasteiger partial charge in [0.15, 0.2) is 5.82 Å². The Bertz CT molecular complexity index is 1550. The minimum Gasteiger partial charge on any atom is -0.320 e. The van der Waals surface area contributed by atoms with Gasteiger partial charge in [0.05, 0.1) is 16.9 Å². The molecule has 4 nitrogen and oxygen atoms in total. The summed E-state index contributed by atoms with van der Waals surface area (Å²) in [4.78, 5) is 26.0. The molecule has 0 aliphatic heterocycles. The zero-order chi connectivity index (χ0) is 32.9. The number of halogens is 14. The van der Waals surface area contributed by atoms with Crippen LogP contribution in [0.15, 0.2) is 48.5 Å². The van der Waals surface area contributed by atoms with Crippen molar-refractivity contribution in [2.45, 2.75) is 23.9 Å². The summed E-state index contributed by atoms with van der Waals surface area (Å²) in [6.45, 7) is 0. The van der Waals surface area contributed by atoms with Crippen molar-refractivity contribution in [1.82, 2.24) is 0 Å². The highest BCUT2D eigenvalue weighted by molar-refractivity contribution is 14.1. The molecule has 0 radical (unpaired) electrons. The fourth-order valence-electron chi connectivity index (χ4n) is 3.72. The number of alkyl halides is 9. The van der Waals surface area contributed by atoms with E-state index in [1.807, 2.05) is 5.32 Å². The van der Waals surface area contributed by atoms with Gasteiger partial charge in [-0.3, -0.25) is 9.59 Å². The Morgan fingerprint density at radius 1 is 0.767 bits per heavy atom. The van der Waals surface area contributed by atoms with Crippen molar-refractivity contribution in [2.75, 3.05) is 17.3 Å². The van der Waals surface area contributed by atoms with E-state index >= 15 is 4.39 Å². The highest BCUT2D eigenvalue weighted by Crippen LogP contribution is 2.58. The van der Waals surface area contributed by atoms with E-state index in [4.69, 9.17) is 0 Å². The first-order valence-corrected chi connectivity index (χ1v) is 13.2. The van der Waals surface area contributed by atoms with Gasteiger partial charge in [0.2, 0.25) is 0 Å². The summed E-state index contributed by atoms with van der Waals surface area (Å²) in [7, 11) is 0.930. The van der Waals surface area contributed by atoms with Gasteiger partial charge in [0, 0.05) is 19.8 Å². The van der Waals surface area contributed by atoms with Crippen LogP contribution < -0.4 is 10.2 Å². The van der Waals surface area contributed by atoms with E-state index in [-0.39, 0.29) is 12.1 Å². The third-order valence-electron chi connectivity index (χ3n) is 5.92. The molecule has 43 heavy (non-hydrogen) atoms. The van der Waals surface area contributed by atoms with E-state index in [1.165, 1.54) is 0 Å². The predicted octanol–water partition coefficient (Wildman–Crippen LogP) is 8.77. The smallest absolute Gasteiger partial charge is 0.320 e. The minimum absolute atomic E-state index is 0.00759. The summed E-state index contributed by atoms with van der Waals surface area (Å²) in [6, 6.07) is 5.40. The number of hydrogen-bond donors (Lipinski definition) is 1. The lowest BCUT2D eigenvalue weighted by molar-refractivity contribution is -0.389. The monoisotopic (exact) mass is 854 g/mol. The van der Waals surface area contributed by atoms with Crippen LogP contribution in [0.4, 0.5) is 64.1 Å². The van der Waals surface area contributed by atoms with Crippen LogP contribution in [0.3, 0.4) is 0 Å². The lowest BCUT2D eigenvalue weighted by Crippen LogP contribution is -2.59. The maximum atomic E-state index is 15.3. The number of rotatable bonds is 6. The molecule has 0 saturated heterocycles. The van der Waals surface area contributed by atoms with E-state index in [2.05, 4.69) is 0 Å². The number of carbonyl (C=O) groups is 2. The molecule has 0 aliphatic rings. The molecule has 1 atom stereocenters. The fourth-order valence-corrected chi connectivity index (χ4v) is 5.76. The van der Waals surface area contributed by atoms with Gasteiger partial charge in [0.1, 0.15) is 17.2 Å². The molecule has 3 rings (SSSR count). The molecule has 0 bridgehead atoms. The van der Waals surface area contributed by atoms with Crippen LogP contribution in [0.2, 0.25) is 0 Å². The Balaban J connectivity index is 2.02. The molecule has 0 aromatic heterocycles. The van der Waals surface area contributed by atoms with E-state index in [0.29, 0.717) is 4.90 Å². The first kappa shape index (κ1) is 34.7. The lowest BCUT2D eigenvalue weighted by Gasteiger charge is -2.36. The van der Waals surface area contributed by atoms with Crippen LogP contribution in [0, 0.1) is 24.6 Å². The first-order chi connectivity index (χ1) is 19.6. The second kappa shape index (κ2) is 12.0. The molecule has 18 heteroatoms. The zero-order valence-electron chi connectivity index (χ0n) is 20.7. The average Bonchev–Trinajstić information content (AvgIpc) is 2.88. The Labute approximate surface area is 260 Å². The molecule has 0 heterocycles. The highest BCUT2D eigenvalue weighted by atomic mass is 127. The van der Waals surface area contributed by atoms with E-state index < -0.39 is 88.4 Å². The predicted molar refractivity (Wildman–Crippen MR) is 145 cm³/mol. The number of carbonyl (C=O) groups excluding carboxylic acids is 2. The molecular weight excluding hydrogens is 842 g/mol. The number of nitrogens with one attached hydrogen (secondary N) is 1. The summed E-state index contributed by atoms with van der Waals surface area (Å²) in [5.74, 6) is -13.6. The second-order valence-corrected chi connectivity index (χ2v) is 10.9. The molecule has 3 aromatic carbocycles. The summed E-state index contributed by atoms with van der Waals surface area (Å²) < 4.78 is 164. The van der Waals surface area contributed by atoms with Gasteiger partial charge < -0.3 is 10.2 Å². The van der Waals surface area contributed by atoms with Crippen LogP contribution in [0.1, 0.15) is 26.3 Å². The molecule has 2 amide bonds. The quantitative estimate of drug-likeness (QED) is 0.199. The fraction of sp³-hybridized carbons (Fsp3) is 0.200. The summed E-state index contributed by atoms with van der Waals surface area (Å²) in [5.41, 5.74) is -11.4. The number of amides is 2. The van der Waals surface area contributed by atoms with Gasteiger partial charge >= 0.3 is 23.9 Å². The van der Waals surface area contributed by atoms with Crippen LogP contribution in [-0.2, 0) is 5.67 Å². The van der Waals surface area contributed by atoms with E-state index in [1.54, 1.807) is 0 Å². The van der Waals surface area contributed by atoms with Crippen LogP contribution in [0.5, 0.6) is 0 Å². The van der Waals surface area contributed by atoms with Gasteiger partial charge in [-0.1, -0.05) is 12.1 Å². The van der Waals surface area contributed by atoms with Crippen LogP contribution in [-0.4, -0.2) is 37.1 Å². The molecule has 1 unspecified atom stereocenters. The number of anilines is 2. The standard InChI is InChI=1S/C25H12F12I2N2O2/c1-41(21(43)17-12(26)5-3-6-13(17)27)16-7-2-4-11(18(16)28)20(42)40-19-14(38)8-10(9-15(19)39)22(29,24(32,33)34)23(30,31)25(35,36)37/h2-9H,1H3,(H,40,42). The largest absolute Gasteiger partial charge is 0.457 e. The molecule has 1 N–H and O–H groups in total. The topological polar surface area (TPSA) is 49.4 Å². The van der Waals surface area contributed by atoms with E-state index in [9.17, 15) is 57.9 Å². The number of benzene rings is 3. The second-order valence-electron chi connectivity index (χ2n) is 8.60. The maximum Gasteiger partial charge on any atom is 0.457 e. The molecule has 0 aliphatic carbocycles. The molecule has 0 fully saturated rings. The SMILES string of the molecule is CN(C(=O)c1c(F)cccc1F)c1cccc(C(=O)Nc2c(I)cc(C(F)(C(F)(F)F)C(F)(F)C(F)(F)F)cc2I)c1F. The summed E-state index contributed by atoms with van der Waals surface area (Å²) in [5, 5.41) is 2.04. The van der Waals surface area contributed by atoms with Gasteiger partial charge in [-0.15, -0.1) is 0 Å². The normalized spacial score (nSPS) is 13.8. The zero-order valence-corrected chi connectivity index (χ0v) is 25.0. The third kappa shape index (κ3) is 6.12. The molecule has 232 valence electrons. The van der Waals surface area contributed by atoms with Crippen molar-refractivity contribution in [3.63, 3.8) is 0 Å². The minimum atomic E-state index is -6.95. The van der Waals surface area contributed by atoms with Crippen LogP contribution >= 0.6 is 45.2 Å². The van der Waals surface area contributed by atoms with Gasteiger partial charge in [-0.2, -0.15) is 35.1 Å². The molecule has 3 aromatic rings.